The minimum Gasteiger partial charge on any atom is -0.390 e. The minimum atomic E-state index is -0.596. The van der Waals surface area contributed by atoms with Gasteiger partial charge in [0, 0.05) is 42.7 Å². The summed E-state index contributed by atoms with van der Waals surface area (Å²) in [5, 5.41) is 14.2. The number of hydrogen-bond donors (Lipinski definition) is 2. The summed E-state index contributed by atoms with van der Waals surface area (Å²) in [4.78, 5) is 22.8. The topological polar surface area (TPSA) is 94.2 Å². The van der Waals surface area contributed by atoms with Crippen molar-refractivity contribution < 1.29 is 9.84 Å². The highest BCUT2D eigenvalue weighted by Gasteiger charge is 2.29. The molecule has 34 heavy (non-hydrogen) atoms. The molecule has 1 aliphatic carbocycles. The van der Waals surface area contributed by atoms with Crippen LogP contribution in [0.2, 0.25) is 5.02 Å². The van der Waals surface area contributed by atoms with E-state index >= 15 is 0 Å². The fraction of sp³-hybridized carbons (Fsp3) is 0.480. The Labute approximate surface area is 203 Å². The van der Waals surface area contributed by atoms with Crippen LogP contribution in [0.5, 0.6) is 0 Å². The molecule has 1 saturated heterocycles. The number of aromatic nitrogens is 4. The van der Waals surface area contributed by atoms with Crippen molar-refractivity contribution in [3.05, 3.63) is 58.2 Å². The Morgan fingerprint density at radius 3 is 2.68 bits per heavy atom. The van der Waals surface area contributed by atoms with E-state index in [2.05, 4.69) is 10.3 Å². The van der Waals surface area contributed by atoms with Crippen LogP contribution >= 0.6 is 11.6 Å². The highest BCUT2D eigenvalue weighted by Crippen LogP contribution is 2.30. The average Bonchev–Trinajstić information content (AvgIpc) is 3.18. The first-order valence-corrected chi connectivity index (χ1v) is 12.3. The van der Waals surface area contributed by atoms with E-state index in [4.69, 9.17) is 21.3 Å². The smallest absolute Gasteiger partial charge is 0.333 e. The predicted octanol–water partition coefficient (Wildman–Crippen LogP) is 4.21. The van der Waals surface area contributed by atoms with Gasteiger partial charge in [-0.15, -0.1) is 0 Å². The molecule has 8 nitrogen and oxygen atoms in total. The highest BCUT2D eigenvalue weighted by molar-refractivity contribution is 6.30. The van der Waals surface area contributed by atoms with Gasteiger partial charge in [0.05, 0.1) is 22.7 Å². The highest BCUT2D eigenvalue weighted by atomic mass is 35.5. The molecule has 0 spiro atoms. The molecule has 1 saturated carbocycles. The third-order valence-corrected chi connectivity index (χ3v) is 7.11. The zero-order valence-corrected chi connectivity index (χ0v) is 20.0. The van der Waals surface area contributed by atoms with Crippen molar-refractivity contribution in [2.75, 3.05) is 18.5 Å². The van der Waals surface area contributed by atoms with Crippen LogP contribution in [0.3, 0.4) is 0 Å². The van der Waals surface area contributed by atoms with Crippen LogP contribution in [-0.2, 0) is 4.74 Å². The number of halogens is 1. The van der Waals surface area contributed by atoms with Gasteiger partial charge in [-0.25, -0.2) is 14.8 Å². The standard InChI is InChI=1S/C25H30ClN5O3/c1-25(33)10-5-18(6-11-25)28-23-27-12-7-21(29-23)22-16-30(19-8-13-34-14-9-19)24(32)31(22)20-4-2-3-17(26)15-20/h2-4,7,12,15-16,18-19,33H,5-6,8-11,13-14H2,1H3,(H,27,28,29). The monoisotopic (exact) mass is 483 g/mol. The molecule has 180 valence electrons. The lowest BCUT2D eigenvalue weighted by atomic mass is 9.84. The van der Waals surface area contributed by atoms with Gasteiger partial charge in [0.1, 0.15) is 0 Å². The molecular formula is C25H30ClN5O3. The molecular weight excluding hydrogens is 454 g/mol. The lowest BCUT2D eigenvalue weighted by Crippen LogP contribution is -2.36. The number of nitrogens with zero attached hydrogens (tertiary/aromatic N) is 4. The number of anilines is 1. The Hall–Kier alpha value is -2.68. The summed E-state index contributed by atoms with van der Waals surface area (Å²) in [6.45, 7) is 3.17. The molecule has 0 radical (unpaired) electrons. The lowest BCUT2D eigenvalue weighted by molar-refractivity contribution is 0.0195. The van der Waals surface area contributed by atoms with Gasteiger partial charge in [-0.05, 0) is 69.7 Å². The van der Waals surface area contributed by atoms with E-state index in [-0.39, 0.29) is 17.8 Å². The van der Waals surface area contributed by atoms with Crippen LogP contribution in [-0.4, -0.2) is 49.1 Å². The quantitative estimate of drug-likeness (QED) is 0.564. The van der Waals surface area contributed by atoms with Crippen molar-refractivity contribution >= 4 is 17.5 Å². The third-order valence-electron chi connectivity index (χ3n) is 6.88. The number of hydrogen-bond acceptors (Lipinski definition) is 6. The second-order valence-electron chi connectivity index (χ2n) is 9.54. The van der Waals surface area contributed by atoms with E-state index in [1.54, 1.807) is 27.5 Å². The van der Waals surface area contributed by atoms with Crippen LogP contribution in [0, 0.1) is 0 Å². The Morgan fingerprint density at radius 1 is 1.18 bits per heavy atom. The van der Waals surface area contributed by atoms with Gasteiger partial charge >= 0.3 is 5.69 Å². The molecule has 0 bridgehead atoms. The average molecular weight is 484 g/mol. The molecule has 2 aliphatic rings. The number of imidazole rings is 1. The summed E-state index contributed by atoms with van der Waals surface area (Å²) < 4.78 is 8.97. The van der Waals surface area contributed by atoms with Gasteiger partial charge in [-0.2, -0.15) is 0 Å². The second-order valence-corrected chi connectivity index (χ2v) is 9.98. The van der Waals surface area contributed by atoms with E-state index in [1.807, 2.05) is 31.3 Å². The van der Waals surface area contributed by atoms with E-state index in [1.165, 1.54) is 0 Å². The SMILES string of the molecule is CC1(O)CCC(Nc2nccc(-c3cn(C4CCOCC4)c(=O)n3-c3cccc(Cl)c3)n2)CC1. The van der Waals surface area contributed by atoms with Crippen molar-refractivity contribution in [2.24, 2.45) is 0 Å². The summed E-state index contributed by atoms with van der Waals surface area (Å²) in [6.07, 6.45) is 8.38. The van der Waals surface area contributed by atoms with Gasteiger partial charge in [0.2, 0.25) is 5.95 Å². The zero-order chi connectivity index (χ0) is 23.7. The summed E-state index contributed by atoms with van der Waals surface area (Å²) in [6, 6.07) is 9.40. The van der Waals surface area contributed by atoms with Crippen molar-refractivity contribution in [2.45, 2.75) is 63.1 Å². The molecule has 3 heterocycles. The fourth-order valence-corrected chi connectivity index (χ4v) is 5.06. The van der Waals surface area contributed by atoms with E-state index in [0.717, 1.165) is 38.5 Å². The van der Waals surface area contributed by atoms with Gasteiger partial charge in [-0.3, -0.25) is 9.13 Å². The molecule has 2 fully saturated rings. The molecule has 5 rings (SSSR count). The molecule has 2 aromatic heterocycles. The first-order chi connectivity index (χ1) is 16.4. The van der Waals surface area contributed by atoms with Gasteiger partial charge < -0.3 is 15.2 Å². The second kappa shape index (κ2) is 9.52. The first kappa shape index (κ1) is 23.1. The number of rotatable bonds is 5. The molecule has 0 atom stereocenters. The molecule has 2 N–H and O–H groups in total. The maximum absolute atomic E-state index is 13.6. The van der Waals surface area contributed by atoms with Crippen LogP contribution in [0.1, 0.15) is 51.5 Å². The number of benzene rings is 1. The van der Waals surface area contributed by atoms with Gasteiger partial charge in [-0.1, -0.05) is 17.7 Å². The van der Waals surface area contributed by atoms with Crippen LogP contribution in [0.4, 0.5) is 5.95 Å². The Balaban J connectivity index is 1.51. The van der Waals surface area contributed by atoms with Crippen molar-refractivity contribution in [1.29, 1.82) is 0 Å². The summed E-state index contributed by atoms with van der Waals surface area (Å²) in [5.41, 5.74) is 1.33. The summed E-state index contributed by atoms with van der Waals surface area (Å²) >= 11 is 6.26. The van der Waals surface area contributed by atoms with E-state index < -0.39 is 5.60 Å². The predicted molar refractivity (Wildman–Crippen MR) is 132 cm³/mol. The molecule has 9 heteroatoms. The maximum Gasteiger partial charge on any atom is 0.333 e. The van der Waals surface area contributed by atoms with Crippen molar-refractivity contribution in [3.8, 4) is 17.1 Å². The van der Waals surface area contributed by atoms with Crippen molar-refractivity contribution in [3.63, 3.8) is 0 Å². The Bertz CT molecular complexity index is 1210. The maximum atomic E-state index is 13.6. The summed E-state index contributed by atoms with van der Waals surface area (Å²) in [7, 11) is 0. The van der Waals surface area contributed by atoms with E-state index in [0.29, 0.717) is 41.3 Å². The lowest BCUT2D eigenvalue weighted by Gasteiger charge is -2.33. The van der Waals surface area contributed by atoms with Crippen LogP contribution < -0.4 is 11.0 Å². The minimum absolute atomic E-state index is 0.0786. The Morgan fingerprint density at radius 2 is 1.94 bits per heavy atom. The molecule has 0 amide bonds. The number of ether oxygens (including phenoxy) is 1. The first-order valence-electron chi connectivity index (χ1n) is 11.9. The summed E-state index contributed by atoms with van der Waals surface area (Å²) in [5.74, 6) is 0.521. The molecule has 1 aromatic carbocycles. The largest absolute Gasteiger partial charge is 0.390 e. The molecule has 3 aromatic rings. The number of aliphatic hydroxyl groups is 1. The van der Waals surface area contributed by atoms with E-state index in [9.17, 15) is 9.90 Å². The fourth-order valence-electron chi connectivity index (χ4n) is 4.87. The van der Waals surface area contributed by atoms with Crippen molar-refractivity contribution in [1.82, 2.24) is 19.1 Å². The van der Waals surface area contributed by atoms with Gasteiger partial charge in [0.15, 0.2) is 0 Å². The third kappa shape index (κ3) is 4.89. The Kier molecular flexibility index (Phi) is 6.46. The van der Waals surface area contributed by atoms with Crippen LogP contribution in [0.25, 0.3) is 17.1 Å². The van der Waals surface area contributed by atoms with Crippen LogP contribution in [0.15, 0.2) is 47.5 Å². The normalized spacial score (nSPS) is 23.7. The zero-order valence-electron chi connectivity index (χ0n) is 19.3. The molecule has 0 unspecified atom stereocenters. The van der Waals surface area contributed by atoms with Gasteiger partial charge in [0.25, 0.3) is 0 Å². The number of nitrogens with one attached hydrogen (secondary N) is 1. The molecule has 1 aliphatic heterocycles.